The van der Waals surface area contributed by atoms with Crippen LogP contribution in [0.2, 0.25) is 10.4 Å². The summed E-state index contributed by atoms with van der Waals surface area (Å²) in [6.45, 7) is 0.339. The Kier molecular flexibility index (Phi) is 3.51. The Balaban J connectivity index is 2.12. The molecule has 2 rings (SSSR count). The van der Waals surface area contributed by atoms with Crippen LogP contribution < -0.4 is 11.1 Å². The lowest BCUT2D eigenvalue weighted by atomic mass is 9.68. The Labute approximate surface area is 109 Å². The molecule has 7 heteroatoms. The maximum atomic E-state index is 12.0. The quantitative estimate of drug-likeness (QED) is 0.651. The van der Waals surface area contributed by atoms with Crippen LogP contribution in [0.25, 0.3) is 0 Å². The zero-order chi connectivity index (χ0) is 12.5. The zero-order valence-electron chi connectivity index (χ0n) is 9.04. The summed E-state index contributed by atoms with van der Waals surface area (Å²) in [6, 6.07) is 1.45. The second-order valence-corrected chi connectivity index (χ2v) is 4.86. The van der Waals surface area contributed by atoms with Gasteiger partial charge in [0.25, 0.3) is 0 Å². The Morgan fingerprint density at radius 3 is 2.65 bits per heavy atom. The van der Waals surface area contributed by atoms with Crippen molar-refractivity contribution in [3.8, 4) is 0 Å². The Morgan fingerprint density at radius 2 is 2.18 bits per heavy atom. The van der Waals surface area contributed by atoms with Crippen molar-refractivity contribution >= 4 is 34.9 Å². The monoisotopic (exact) mass is 274 g/mol. The third kappa shape index (κ3) is 2.51. The van der Waals surface area contributed by atoms with E-state index >= 15 is 0 Å². The van der Waals surface area contributed by atoms with Crippen LogP contribution in [0.4, 0.5) is 5.82 Å². The van der Waals surface area contributed by atoms with E-state index in [1.807, 2.05) is 0 Å². The predicted molar refractivity (Wildman–Crippen MR) is 66.0 cm³/mol. The van der Waals surface area contributed by atoms with Crippen molar-refractivity contribution in [2.75, 3.05) is 11.9 Å². The summed E-state index contributed by atoms with van der Waals surface area (Å²) in [7, 11) is 0. The number of carbonyl (C=O) groups is 1. The number of nitrogens with one attached hydrogen (secondary N) is 1. The molecule has 17 heavy (non-hydrogen) atoms. The highest BCUT2D eigenvalue weighted by Gasteiger charge is 2.42. The summed E-state index contributed by atoms with van der Waals surface area (Å²) < 4.78 is 0. The van der Waals surface area contributed by atoms with Crippen LogP contribution >= 0.6 is 23.2 Å². The van der Waals surface area contributed by atoms with E-state index in [1.54, 1.807) is 0 Å². The lowest BCUT2D eigenvalue weighted by Gasteiger charge is -2.38. The van der Waals surface area contributed by atoms with Crippen LogP contribution in [-0.4, -0.2) is 22.4 Å². The topological polar surface area (TPSA) is 80.9 Å². The van der Waals surface area contributed by atoms with Crippen molar-refractivity contribution in [3.05, 3.63) is 16.5 Å². The molecule has 0 unspecified atom stereocenters. The number of amides is 1. The number of hydrogen-bond donors (Lipinski definition) is 2. The van der Waals surface area contributed by atoms with E-state index in [0.717, 1.165) is 19.3 Å². The highest BCUT2D eigenvalue weighted by Crippen LogP contribution is 2.40. The van der Waals surface area contributed by atoms with Gasteiger partial charge in [-0.2, -0.15) is 0 Å². The normalized spacial score (nSPS) is 17.4. The van der Waals surface area contributed by atoms with Crippen molar-refractivity contribution in [2.24, 2.45) is 11.1 Å². The molecule has 0 spiro atoms. The van der Waals surface area contributed by atoms with Crippen molar-refractivity contribution in [1.29, 1.82) is 0 Å². The first-order valence-corrected chi connectivity index (χ1v) is 6.03. The number of nitrogens with two attached hydrogens (primary N) is 1. The maximum Gasteiger partial charge on any atom is 0.233 e. The van der Waals surface area contributed by atoms with Gasteiger partial charge in [-0.15, -0.1) is 0 Å². The standard InChI is InChI=1S/C10H12Cl2N4O/c11-6-4-7(16-9(12)14-6)15-8(17)10(5-13)2-1-3-10/h4H,1-3,5,13H2,(H,14,15,16,17). The van der Waals surface area contributed by atoms with Gasteiger partial charge in [0.2, 0.25) is 11.2 Å². The highest BCUT2D eigenvalue weighted by atomic mass is 35.5. The molecule has 1 amide bonds. The summed E-state index contributed by atoms with van der Waals surface area (Å²) in [5.41, 5.74) is 5.18. The number of hydrogen-bond acceptors (Lipinski definition) is 4. The summed E-state index contributed by atoms with van der Waals surface area (Å²) in [5, 5.41) is 2.87. The van der Waals surface area contributed by atoms with E-state index in [1.165, 1.54) is 6.07 Å². The first-order valence-electron chi connectivity index (χ1n) is 5.27. The molecule has 92 valence electrons. The Morgan fingerprint density at radius 1 is 1.47 bits per heavy atom. The summed E-state index contributed by atoms with van der Waals surface area (Å²) >= 11 is 11.4. The fourth-order valence-corrected chi connectivity index (χ4v) is 2.24. The van der Waals surface area contributed by atoms with Crippen molar-refractivity contribution < 1.29 is 4.79 Å². The van der Waals surface area contributed by atoms with Gasteiger partial charge in [-0.25, -0.2) is 9.97 Å². The van der Waals surface area contributed by atoms with Crippen molar-refractivity contribution in [1.82, 2.24) is 9.97 Å². The smallest absolute Gasteiger partial charge is 0.233 e. The van der Waals surface area contributed by atoms with Gasteiger partial charge in [0.15, 0.2) is 0 Å². The molecule has 0 aliphatic heterocycles. The van der Waals surface area contributed by atoms with Crippen molar-refractivity contribution in [2.45, 2.75) is 19.3 Å². The molecule has 1 aliphatic carbocycles. The van der Waals surface area contributed by atoms with Crippen LogP contribution in [0.3, 0.4) is 0 Å². The minimum atomic E-state index is -0.454. The molecule has 5 nitrogen and oxygen atoms in total. The number of rotatable bonds is 3. The predicted octanol–water partition coefficient (Wildman–Crippen LogP) is 1.85. The summed E-state index contributed by atoms with van der Waals surface area (Å²) in [5.74, 6) is 0.178. The fourth-order valence-electron chi connectivity index (χ4n) is 1.83. The molecule has 0 saturated heterocycles. The average molecular weight is 275 g/mol. The van der Waals surface area contributed by atoms with Gasteiger partial charge < -0.3 is 11.1 Å². The maximum absolute atomic E-state index is 12.0. The average Bonchev–Trinajstić information content (AvgIpc) is 2.14. The number of carbonyl (C=O) groups excluding carboxylic acids is 1. The first kappa shape index (κ1) is 12.5. The third-order valence-electron chi connectivity index (χ3n) is 3.09. The second kappa shape index (κ2) is 4.76. The number of aromatic nitrogens is 2. The molecule has 3 N–H and O–H groups in total. The molecule has 1 aromatic rings. The van der Waals surface area contributed by atoms with Gasteiger partial charge in [0, 0.05) is 12.6 Å². The Bertz CT molecular complexity index is 422. The van der Waals surface area contributed by atoms with Gasteiger partial charge in [-0.3, -0.25) is 4.79 Å². The molecule has 1 saturated carbocycles. The molecule has 0 radical (unpaired) electrons. The second-order valence-electron chi connectivity index (χ2n) is 4.14. The van der Waals surface area contributed by atoms with E-state index in [-0.39, 0.29) is 16.3 Å². The molecule has 1 fully saturated rings. The minimum Gasteiger partial charge on any atom is -0.329 e. The molecule has 0 atom stereocenters. The molecular weight excluding hydrogens is 263 g/mol. The van der Waals surface area contributed by atoms with E-state index in [4.69, 9.17) is 28.9 Å². The SMILES string of the molecule is NCC1(C(=O)Nc2cc(Cl)nc(Cl)n2)CCC1. The minimum absolute atomic E-state index is 0.00297. The highest BCUT2D eigenvalue weighted by molar-refractivity contribution is 6.32. The number of halogens is 2. The summed E-state index contributed by atoms with van der Waals surface area (Å²) in [4.78, 5) is 19.6. The van der Waals surface area contributed by atoms with Gasteiger partial charge in [-0.1, -0.05) is 18.0 Å². The largest absolute Gasteiger partial charge is 0.329 e. The molecule has 1 heterocycles. The number of nitrogens with zero attached hydrogens (tertiary/aromatic N) is 2. The van der Waals surface area contributed by atoms with Crippen LogP contribution in [0.15, 0.2) is 6.07 Å². The Hall–Kier alpha value is -0.910. The molecule has 0 aromatic carbocycles. The molecule has 0 bridgehead atoms. The van der Waals surface area contributed by atoms with Crippen LogP contribution in [0, 0.1) is 5.41 Å². The van der Waals surface area contributed by atoms with Crippen molar-refractivity contribution in [3.63, 3.8) is 0 Å². The van der Waals surface area contributed by atoms with E-state index < -0.39 is 5.41 Å². The third-order valence-corrected chi connectivity index (χ3v) is 3.45. The molecule has 1 aromatic heterocycles. The molecule has 1 aliphatic rings. The first-order chi connectivity index (χ1) is 8.05. The fraction of sp³-hybridized carbons (Fsp3) is 0.500. The number of anilines is 1. The van der Waals surface area contributed by atoms with E-state index in [2.05, 4.69) is 15.3 Å². The van der Waals surface area contributed by atoms with Crippen LogP contribution in [-0.2, 0) is 4.79 Å². The van der Waals surface area contributed by atoms with E-state index in [0.29, 0.717) is 12.4 Å². The van der Waals surface area contributed by atoms with Crippen LogP contribution in [0.1, 0.15) is 19.3 Å². The molecular formula is C10H12Cl2N4O. The van der Waals surface area contributed by atoms with Crippen LogP contribution in [0.5, 0.6) is 0 Å². The van der Waals surface area contributed by atoms with E-state index in [9.17, 15) is 4.79 Å². The van der Waals surface area contributed by atoms with Gasteiger partial charge in [0.05, 0.1) is 5.41 Å². The zero-order valence-corrected chi connectivity index (χ0v) is 10.6. The lowest BCUT2D eigenvalue weighted by Crippen LogP contribution is -2.47. The van der Waals surface area contributed by atoms with Gasteiger partial charge >= 0.3 is 0 Å². The van der Waals surface area contributed by atoms with Gasteiger partial charge in [-0.05, 0) is 24.4 Å². The summed E-state index contributed by atoms with van der Waals surface area (Å²) in [6.07, 6.45) is 2.64. The lowest BCUT2D eigenvalue weighted by molar-refractivity contribution is -0.129. The van der Waals surface area contributed by atoms with Gasteiger partial charge in [0.1, 0.15) is 11.0 Å².